The van der Waals surface area contributed by atoms with Crippen molar-refractivity contribution >= 4 is 20.3 Å². The second kappa shape index (κ2) is 33.8. The molecule has 3 aromatic carbocycles. The van der Waals surface area contributed by atoms with Crippen molar-refractivity contribution in [2.75, 3.05) is 0 Å². The summed E-state index contributed by atoms with van der Waals surface area (Å²) >= 11 is 0. The van der Waals surface area contributed by atoms with Gasteiger partial charge in [-0.1, -0.05) is 141 Å². The Morgan fingerprint density at radius 2 is 0.806 bits per heavy atom. The van der Waals surface area contributed by atoms with Crippen molar-refractivity contribution in [3.05, 3.63) is 79.5 Å². The summed E-state index contributed by atoms with van der Waals surface area (Å²) < 4.78 is 0. The van der Waals surface area contributed by atoms with Crippen LogP contribution in [0.1, 0.15) is 68.2 Å². The van der Waals surface area contributed by atoms with Crippen molar-refractivity contribution < 1.29 is 98.1 Å². The standard InChI is InChI=1S/C18H12N3.2C3H8.2C2H6.CH4P.3Y/c1-3-7-13(8-4-1)15-11-12-16(14-9-5-2-6-10-14)18-17(15)19-21-20-18;2*1-3-2;3*1-2;;;/h1-12H;2*3H2,1-2H3;2*1-2H3;1-2H2;;;/q-1;;;;;-1;;;. The normalized spacial score (nSPS) is 7.83. The first-order valence-corrected chi connectivity index (χ1v) is 12.9. The molecule has 0 amide bonds. The van der Waals surface area contributed by atoms with Gasteiger partial charge in [-0.25, -0.2) is 0 Å². The van der Waals surface area contributed by atoms with Crippen LogP contribution in [0.3, 0.4) is 0 Å². The second-order valence-electron chi connectivity index (χ2n) is 6.29. The molecule has 1 atom stereocenters. The molecule has 36 heavy (non-hydrogen) atoms. The van der Waals surface area contributed by atoms with E-state index in [1.165, 1.54) is 12.8 Å². The predicted molar refractivity (Wildman–Crippen MR) is 153 cm³/mol. The Balaban J connectivity index is -0.000000187. The van der Waals surface area contributed by atoms with E-state index in [-0.39, 0.29) is 98.1 Å². The molecule has 0 aliphatic carbocycles. The molecule has 3 radical (unpaired) electrons. The van der Waals surface area contributed by atoms with Crippen molar-refractivity contribution in [1.82, 2.24) is 15.4 Å². The van der Waals surface area contributed by atoms with E-state index < -0.39 is 0 Å². The molecule has 0 saturated carbocycles. The van der Waals surface area contributed by atoms with E-state index in [9.17, 15) is 0 Å². The Bertz CT molecular complexity index is 859. The molecular weight excluding hydrogens is 688 g/mol. The van der Waals surface area contributed by atoms with Crippen molar-refractivity contribution in [2.45, 2.75) is 68.2 Å². The van der Waals surface area contributed by atoms with Gasteiger partial charge in [0.25, 0.3) is 0 Å². The summed E-state index contributed by atoms with van der Waals surface area (Å²) in [5.41, 5.74) is 6.09. The molecule has 4 aromatic rings. The van der Waals surface area contributed by atoms with Crippen LogP contribution in [-0.4, -0.2) is 10.2 Å². The molecule has 7 heteroatoms. The number of hydrogen-bond donors (Lipinski definition) is 0. The Hall–Kier alpha value is 0.802. The molecule has 1 unspecified atom stereocenters. The number of benzene rings is 3. The van der Waals surface area contributed by atoms with Gasteiger partial charge in [-0.2, -0.15) is 0 Å². The van der Waals surface area contributed by atoms with Crippen LogP contribution in [0, 0.1) is 6.66 Å². The number of hydrogen-bond acceptors (Lipinski definition) is 2. The van der Waals surface area contributed by atoms with Gasteiger partial charge in [0.2, 0.25) is 0 Å². The van der Waals surface area contributed by atoms with Gasteiger partial charge < -0.3 is 31.3 Å². The second-order valence-corrected chi connectivity index (χ2v) is 6.29. The van der Waals surface area contributed by atoms with Gasteiger partial charge >= 0.3 is 0 Å². The summed E-state index contributed by atoms with van der Waals surface area (Å²) in [6, 6.07) is 24.6. The van der Waals surface area contributed by atoms with Crippen molar-refractivity contribution in [1.29, 1.82) is 0 Å². The van der Waals surface area contributed by atoms with E-state index in [4.69, 9.17) is 0 Å². The van der Waals surface area contributed by atoms with E-state index in [1.54, 1.807) is 0 Å². The Morgan fingerprint density at radius 1 is 0.556 bits per heavy atom. The molecule has 0 saturated heterocycles. The summed E-state index contributed by atoms with van der Waals surface area (Å²) in [7, 11) is 2.17. The van der Waals surface area contributed by atoms with Crippen molar-refractivity contribution in [3.8, 4) is 22.3 Å². The largest absolute Gasteiger partial charge is 0.492 e. The molecule has 0 N–H and O–H groups in total. The first kappa shape index (κ1) is 46.6. The van der Waals surface area contributed by atoms with Gasteiger partial charge in [0.1, 0.15) is 0 Å². The molecule has 1 heterocycles. The number of rotatable bonds is 2. The van der Waals surface area contributed by atoms with Gasteiger partial charge in [0.15, 0.2) is 0 Å². The Morgan fingerprint density at radius 3 is 1.06 bits per heavy atom. The van der Waals surface area contributed by atoms with Gasteiger partial charge in [0, 0.05) is 109 Å². The zero-order valence-corrected chi connectivity index (χ0v) is 33.4. The fraction of sp³-hybridized carbons (Fsp3) is 0.345. The minimum absolute atomic E-state index is 0. The maximum Gasteiger partial charge on any atom is 0.0751 e. The van der Waals surface area contributed by atoms with Gasteiger partial charge in [-0.3, -0.25) is 0 Å². The van der Waals surface area contributed by atoms with E-state index in [0.717, 1.165) is 33.3 Å². The fourth-order valence-electron chi connectivity index (χ4n) is 2.60. The first-order valence-electron chi connectivity index (χ1n) is 12.1. The van der Waals surface area contributed by atoms with Gasteiger partial charge in [-0.05, 0) is 11.1 Å². The molecule has 4 rings (SSSR count). The number of nitrogens with zero attached hydrogens (tertiary/aromatic N) is 3. The van der Waals surface area contributed by atoms with Crippen LogP contribution < -0.4 is 5.21 Å². The summed E-state index contributed by atoms with van der Waals surface area (Å²) in [6.45, 7) is 19.7. The zero-order chi connectivity index (χ0) is 25.5. The van der Waals surface area contributed by atoms with Crippen LogP contribution in [0.15, 0.2) is 72.8 Å². The molecule has 3 nitrogen and oxygen atoms in total. The van der Waals surface area contributed by atoms with Crippen LogP contribution in [0.25, 0.3) is 33.3 Å². The number of aromatic nitrogens is 3. The molecule has 1 aromatic heterocycles. The summed E-state index contributed by atoms with van der Waals surface area (Å²) in [4.78, 5) is 0. The third-order valence-corrected chi connectivity index (χ3v) is 3.61. The molecule has 0 bridgehead atoms. The van der Waals surface area contributed by atoms with E-state index >= 15 is 0 Å². The fourth-order valence-corrected chi connectivity index (χ4v) is 2.60. The van der Waals surface area contributed by atoms with Crippen LogP contribution >= 0.6 is 9.24 Å². The third-order valence-electron chi connectivity index (χ3n) is 3.61. The monoisotopic (exact) mass is 732 g/mol. The quantitative estimate of drug-likeness (QED) is 0.152. The van der Waals surface area contributed by atoms with Gasteiger partial charge in [0.05, 0.1) is 11.0 Å². The van der Waals surface area contributed by atoms with Crippen molar-refractivity contribution in [2.24, 2.45) is 0 Å². The topological polar surface area (TPSA) is 39.9 Å². The summed E-state index contributed by atoms with van der Waals surface area (Å²) in [5.74, 6) is 0. The van der Waals surface area contributed by atoms with Crippen LogP contribution in [0.2, 0.25) is 0 Å². The minimum Gasteiger partial charge on any atom is -0.492 e. The Labute approximate surface area is 299 Å². The smallest absolute Gasteiger partial charge is 0.0751 e. The molecule has 0 fully saturated rings. The zero-order valence-electron chi connectivity index (χ0n) is 23.7. The number of fused-ring (bicyclic) bond motifs is 1. The Kier molecular flexibility index (Phi) is 43.8. The molecule has 0 spiro atoms. The van der Waals surface area contributed by atoms with E-state index in [2.05, 4.69) is 95.4 Å². The van der Waals surface area contributed by atoms with Crippen LogP contribution in [0.5, 0.6) is 0 Å². The predicted octanol–water partition coefficient (Wildman–Crippen LogP) is 9.45. The molecule has 0 aliphatic heterocycles. The van der Waals surface area contributed by atoms with Crippen LogP contribution in [-0.2, 0) is 98.1 Å². The maximum absolute atomic E-state index is 4.22. The summed E-state index contributed by atoms with van der Waals surface area (Å²) in [6.07, 6.45) is 2.50. The first-order chi connectivity index (χ1) is 16.3. The summed E-state index contributed by atoms with van der Waals surface area (Å²) in [5, 5.41) is 12.3. The maximum atomic E-state index is 4.22. The average molecular weight is 732 g/mol. The van der Waals surface area contributed by atoms with Crippen LogP contribution in [0.4, 0.5) is 0 Å². The van der Waals surface area contributed by atoms with Gasteiger partial charge in [-0.15, -0.1) is 0 Å². The molecule has 0 aliphatic rings. The minimum atomic E-state index is 0. The molecular formula is C29H44N3PY3-2. The van der Waals surface area contributed by atoms with E-state index in [0.29, 0.717) is 0 Å². The van der Waals surface area contributed by atoms with Crippen molar-refractivity contribution in [3.63, 3.8) is 0 Å². The third kappa shape index (κ3) is 17.4. The van der Waals surface area contributed by atoms with E-state index in [1.807, 2.05) is 64.1 Å². The molecule has 191 valence electrons. The SMILES string of the molecule is CC.CC.CCC.CCC.[CH2-]P.[Y].[Y].[Y].c1ccc(-c2ccc(-c3ccccc3)c3n[n-]nc23)cc1. The average Bonchev–Trinajstić information content (AvgIpc) is 3.39.